The molecular formula is C14H17NOS. The fraction of sp³-hybridized carbons (Fsp3) is 0.500. The molecule has 3 rings (SSSR count). The Balaban J connectivity index is 1.73. The van der Waals surface area contributed by atoms with Crippen molar-refractivity contribution in [2.75, 3.05) is 5.75 Å². The van der Waals surface area contributed by atoms with Gasteiger partial charge < -0.3 is 5.32 Å². The van der Waals surface area contributed by atoms with Crippen LogP contribution >= 0.6 is 11.8 Å². The highest BCUT2D eigenvalue weighted by Crippen LogP contribution is 2.36. The summed E-state index contributed by atoms with van der Waals surface area (Å²) in [5, 5.41) is 3.22. The fourth-order valence-corrected chi connectivity index (χ4v) is 3.58. The van der Waals surface area contributed by atoms with Gasteiger partial charge in [-0.1, -0.05) is 24.6 Å². The molecule has 0 aromatic heterocycles. The van der Waals surface area contributed by atoms with Crippen molar-refractivity contribution in [3.63, 3.8) is 0 Å². The van der Waals surface area contributed by atoms with Crippen molar-refractivity contribution in [1.29, 1.82) is 0 Å². The molecule has 3 heteroatoms. The molecule has 1 fully saturated rings. The number of carbonyl (C=O) groups is 1. The molecule has 90 valence electrons. The maximum atomic E-state index is 12.0. The second kappa shape index (κ2) is 4.73. The highest BCUT2D eigenvalue weighted by atomic mass is 32.2. The van der Waals surface area contributed by atoms with E-state index in [4.69, 9.17) is 0 Å². The lowest BCUT2D eigenvalue weighted by atomic mass is 9.84. The Labute approximate surface area is 106 Å². The van der Waals surface area contributed by atoms with E-state index in [9.17, 15) is 4.79 Å². The van der Waals surface area contributed by atoms with E-state index in [1.165, 1.54) is 16.9 Å². The molecule has 0 unspecified atom stereocenters. The molecular weight excluding hydrogens is 230 g/mol. The van der Waals surface area contributed by atoms with Gasteiger partial charge in [0.25, 0.3) is 0 Å². The van der Waals surface area contributed by atoms with Crippen LogP contribution in [0.4, 0.5) is 0 Å². The minimum Gasteiger partial charge on any atom is -0.349 e. The number of amides is 1. The molecule has 0 bridgehead atoms. The molecule has 1 amide bonds. The summed E-state index contributed by atoms with van der Waals surface area (Å²) in [5.74, 6) is 1.66. The van der Waals surface area contributed by atoms with Gasteiger partial charge in [-0.3, -0.25) is 4.79 Å². The number of benzene rings is 1. The highest BCUT2D eigenvalue weighted by molar-refractivity contribution is 7.99. The van der Waals surface area contributed by atoms with Gasteiger partial charge in [-0.2, -0.15) is 0 Å². The zero-order chi connectivity index (χ0) is 11.7. The van der Waals surface area contributed by atoms with Gasteiger partial charge in [-0.05, 0) is 30.9 Å². The number of hydrogen-bond donors (Lipinski definition) is 1. The topological polar surface area (TPSA) is 29.1 Å². The molecule has 1 N–H and O–H groups in total. The van der Waals surface area contributed by atoms with Crippen molar-refractivity contribution < 1.29 is 4.79 Å². The van der Waals surface area contributed by atoms with Crippen LogP contribution in [0.15, 0.2) is 29.2 Å². The monoisotopic (exact) mass is 247 g/mol. The van der Waals surface area contributed by atoms with Crippen LogP contribution in [0.3, 0.4) is 0 Å². The third-order valence-corrected chi connectivity index (χ3v) is 4.87. The average Bonchev–Trinajstić information content (AvgIpc) is 2.27. The van der Waals surface area contributed by atoms with E-state index < -0.39 is 0 Å². The molecule has 2 nitrogen and oxygen atoms in total. The third kappa shape index (κ3) is 2.21. The van der Waals surface area contributed by atoms with Crippen LogP contribution in [0.1, 0.15) is 37.3 Å². The number of carbonyl (C=O) groups excluding carboxylic acids is 1. The molecule has 1 aromatic carbocycles. The molecule has 0 saturated heterocycles. The van der Waals surface area contributed by atoms with Gasteiger partial charge in [0, 0.05) is 16.6 Å². The van der Waals surface area contributed by atoms with Crippen molar-refractivity contribution in [3.05, 3.63) is 29.8 Å². The number of thioether (sulfide) groups is 1. The Morgan fingerprint density at radius 3 is 2.82 bits per heavy atom. The second-order valence-corrected chi connectivity index (χ2v) is 6.00. The minimum atomic E-state index is 0.237. The van der Waals surface area contributed by atoms with Crippen molar-refractivity contribution in [2.45, 2.75) is 36.6 Å². The van der Waals surface area contributed by atoms with E-state index in [0.29, 0.717) is 0 Å². The first-order chi connectivity index (χ1) is 8.34. The summed E-state index contributed by atoms with van der Waals surface area (Å²) in [7, 11) is 0. The van der Waals surface area contributed by atoms with Crippen LogP contribution in [0.5, 0.6) is 0 Å². The first-order valence-electron chi connectivity index (χ1n) is 6.37. The number of hydrogen-bond acceptors (Lipinski definition) is 2. The lowest BCUT2D eigenvalue weighted by Crippen LogP contribution is -2.37. The van der Waals surface area contributed by atoms with Gasteiger partial charge in [0.05, 0.1) is 6.04 Å². The van der Waals surface area contributed by atoms with E-state index in [0.717, 1.165) is 25.0 Å². The Hall–Kier alpha value is -0.960. The Kier molecular flexibility index (Phi) is 3.10. The summed E-state index contributed by atoms with van der Waals surface area (Å²) in [4.78, 5) is 13.3. The Morgan fingerprint density at radius 1 is 1.24 bits per heavy atom. The van der Waals surface area contributed by atoms with Gasteiger partial charge in [0.15, 0.2) is 0 Å². The molecule has 0 spiro atoms. The van der Waals surface area contributed by atoms with Crippen molar-refractivity contribution in [2.24, 2.45) is 5.92 Å². The summed E-state index contributed by atoms with van der Waals surface area (Å²) < 4.78 is 0. The molecule has 1 aliphatic heterocycles. The third-order valence-electron chi connectivity index (χ3n) is 3.75. The summed E-state index contributed by atoms with van der Waals surface area (Å²) in [6, 6.07) is 8.67. The van der Waals surface area contributed by atoms with E-state index in [-0.39, 0.29) is 17.9 Å². The SMILES string of the molecule is O=C(N[C@H]1CCSc2ccccc21)C1CCC1. The number of nitrogens with one attached hydrogen (secondary N) is 1. The van der Waals surface area contributed by atoms with Crippen molar-refractivity contribution in [3.8, 4) is 0 Å². The molecule has 1 heterocycles. The van der Waals surface area contributed by atoms with Crippen molar-refractivity contribution >= 4 is 17.7 Å². The van der Waals surface area contributed by atoms with Gasteiger partial charge in [-0.15, -0.1) is 11.8 Å². The van der Waals surface area contributed by atoms with Crippen LogP contribution in [0.2, 0.25) is 0 Å². The molecule has 1 atom stereocenters. The van der Waals surface area contributed by atoms with Gasteiger partial charge in [0.1, 0.15) is 0 Å². The summed E-state index contributed by atoms with van der Waals surface area (Å²) in [5.41, 5.74) is 1.30. The standard InChI is InChI=1S/C14H17NOS/c16-14(10-4-3-5-10)15-12-8-9-17-13-7-2-1-6-11(12)13/h1-2,6-7,10,12H,3-5,8-9H2,(H,15,16)/t12-/m0/s1. The van der Waals surface area contributed by atoms with Crippen LogP contribution in [0.25, 0.3) is 0 Å². The smallest absolute Gasteiger partial charge is 0.223 e. The second-order valence-electron chi connectivity index (χ2n) is 4.86. The average molecular weight is 247 g/mol. The number of rotatable bonds is 2. The molecule has 1 saturated carbocycles. The summed E-state index contributed by atoms with van der Waals surface area (Å²) in [6.45, 7) is 0. The van der Waals surface area contributed by atoms with Crippen LogP contribution in [-0.4, -0.2) is 11.7 Å². The van der Waals surface area contributed by atoms with E-state index in [2.05, 4.69) is 29.6 Å². The molecule has 0 radical (unpaired) electrons. The van der Waals surface area contributed by atoms with Crippen LogP contribution < -0.4 is 5.32 Å². The maximum absolute atomic E-state index is 12.0. The van der Waals surface area contributed by atoms with Gasteiger partial charge >= 0.3 is 0 Å². The lowest BCUT2D eigenvalue weighted by Gasteiger charge is -2.30. The number of fused-ring (bicyclic) bond motifs is 1. The minimum absolute atomic E-state index is 0.237. The highest BCUT2D eigenvalue weighted by Gasteiger charge is 2.28. The summed E-state index contributed by atoms with van der Waals surface area (Å²) in [6.07, 6.45) is 4.43. The van der Waals surface area contributed by atoms with Gasteiger partial charge in [-0.25, -0.2) is 0 Å². The van der Waals surface area contributed by atoms with Crippen LogP contribution in [0, 0.1) is 5.92 Å². The predicted molar refractivity (Wildman–Crippen MR) is 70.0 cm³/mol. The molecule has 1 aliphatic carbocycles. The molecule has 2 aliphatic rings. The van der Waals surface area contributed by atoms with Crippen LogP contribution in [-0.2, 0) is 4.79 Å². The largest absolute Gasteiger partial charge is 0.349 e. The first kappa shape index (κ1) is 11.1. The lowest BCUT2D eigenvalue weighted by molar-refractivity contribution is -0.128. The Morgan fingerprint density at radius 2 is 2.06 bits per heavy atom. The van der Waals surface area contributed by atoms with E-state index in [1.54, 1.807) is 0 Å². The summed E-state index contributed by atoms with van der Waals surface area (Å²) >= 11 is 1.90. The first-order valence-corrected chi connectivity index (χ1v) is 7.35. The van der Waals surface area contributed by atoms with E-state index >= 15 is 0 Å². The quantitative estimate of drug-likeness (QED) is 0.870. The molecule has 1 aromatic rings. The van der Waals surface area contributed by atoms with Crippen molar-refractivity contribution in [1.82, 2.24) is 5.32 Å². The molecule has 17 heavy (non-hydrogen) atoms. The van der Waals surface area contributed by atoms with Gasteiger partial charge in [0.2, 0.25) is 5.91 Å². The fourth-order valence-electron chi connectivity index (χ4n) is 2.45. The Bertz CT molecular complexity index is 428. The normalized spacial score (nSPS) is 23.6. The zero-order valence-electron chi connectivity index (χ0n) is 9.82. The maximum Gasteiger partial charge on any atom is 0.223 e. The van der Waals surface area contributed by atoms with E-state index in [1.807, 2.05) is 11.8 Å². The predicted octanol–water partition coefficient (Wildman–Crippen LogP) is 3.14. The zero-order valence-corrected chi connectivity index (χ0v) is 10.6.